The molecule has 0 atom stereocenters. The maximum absolute atomic E-state index is 12.0. The maximum Gasteiger partial charge on any atom is 0.222 e. The first-order valence-corrected chi connectivity index (χ1v) is 10.5. The molecule has 0 spiro atoms. The van der Waals surface area contributed by atoms with Crippen molar-refractivity contribution in [3.8, 4) is 0 Å². The highest BCUT2D eigenvalue weighted by molar-refractivity contribution is 14.0. The molecule has 2 fully saturated rings. The van der Waals surface area contributed by atoms with Gasteiger partial charge in [-0.2, -0.15) is 0 Å². The van der Waals surface area contributed by atoms with E-state index in [9.17, 15) is 4.79 Å². The van der Waals surface area contributed by atoms with Gasteiger partial charge in [0.15, 0.2) is 5.96 Å². The Morgan fingerprint density at radius 1 is 1.28 bits per heavy atom. The number of benzene rings is 1. The van der Waals surface area contributed by atoms with Crippen LogP contribution in [0.2, 0.25) is 0 Å². The molecule has 2 saturated heterocycles. The summed E-state index contributed by atoms with van der Waals surface area (Å²) in [5.41, 5.74) is 2.44. The molecule has 0 aromatic heterocycles. The van der Waals surface area contributed by atoms with E-state index in [0.29, 0.717) is 19.5 Å². The minimum absolute atomic E-state index is 0. The van der Waals surface area contributed by atoms with Gasteiger partial charge in [-0.3, -0.25) is 9.79 Å². The van der Waals surface area contributed by atoms with Gasteiger partial charge in [0.1, 0.15) is 0 Å². The number of ether oxygens (including phenoxy) is 1. The standard InChI is InChI=1S/C22H34N4O2.HI/c1-23-22(25(2)13-9-18-10-14-28-15-11-18)24-16-19-6-3-4-7-20(19)17-26-12-5-8-21(26)27;/h3-4,6-7,18H,5,8-17H2,1-2H3,(H,23,24);1H. The highest BCUT2D eigenvalue weighted by Crippen LogP contribution is 2.19. The van der Waals surface area contributed by atoms with E-state index in [0.717, 1.165) is 44.6 Å². The van der Waals surface area contributed by atoms with Gasteiger partial charge >= 0.3 is 0 Å². The number of amides is 1. The molecule has 1 aromatic rings. The van der Waals surface area contributed by atoms with Crippen LogP contribution in [-0.4, -0.2) is 62.1 Å². The molecule has 1 amide bonds. The topological polar surface area (TPSA) is 57.2 Å². The molecule has 0 unspecified atom stereocenters. The van der Waals surface area contributed by atoms with Crippen LogP contribution < -0.4 is 5.32 Å². The number of hydrogen-bond acceptors (Lipinski definition) is 3. The lowest BCUT2D eigenvalue weighted by Gasteiger charge is -2.27. The van der Waals surface area contributed by atoms with Crippen LogP contribution in [0.4, 0.5) is 0 Å². The van der Waals surface area contributed by atoms with Crippen molar-refractivity contribution in [3.63, 3.8) is 0 Å². The third-order valence-electron chi connectivity index (χ3n) is 5.87. The summed E-state index contributed by atoms with van der Waals surface area (Å²) >= 11 is 0. The Balaban J connectivity index is 0.00000300. The molecule has 7 heteroatoms. The average Bonchev–Trinajstić information content (AvgIpc) is 3.13. The van der Waals surface area contributed by atoms with Crippen LogP contribution in [0.25, 0.3) is 0 Å². The minimum Gasteiger partial charge on any atom is -0.381 e. The SMILES string of the molecule is CN=C(NCc1ccccc1CN1CCCC1=O)N(C)CCC1CCOCC1.I. The normalized spacial score (nSPS) is 17.9. The fourth-order valence-electron chi connectivity index (χ4n) is 4.04. The molecule has 2 aliphatic heterocycles. The summed E-state index contributed by atoms with van der Waals surface area (Å²) < 4.78 is 5.45. The van der Waals surface area contributed by atoms with Gasteiger partial charge in [-0.15, -0.1) is 24.0 Å². The third kappa shape index (κ3) is 7.13. The van der Waals surface area contributed by atoms with Gasteiger partial charge in [0.2, 0.25) is 5.91 Å². The van der Waals surface area contributed by atoms with E-state index >= 15 is 0 Å². The quantitative estimate of drug-likeness (QED) is 0.345. The smallest absolute Gasteiger partial charge is 0.222 e. The number of aliphatic imine (C=N–C) groups is 1. The number of carbonyl (C=O) groups is 1. The van der Waals surface area contributed by atoms with Crippen molar-refractivity contribution in [1.82, 2.24) is 15.1 Å². The van der Waals surface area contributed by atoms with Crippen molar-refractivity contribution in [2.75, 3.05) is 40.4 Å². The van der Waals surface area contributed by atoms with E-state index in [1.807, 2.05) is 18.0 Å². The number of hydrogen-bond donors (Lipinski definition) is 1. The van der Waals surface area contributed by atoms with E-state index in [-0.39, 0.29) is 29.9 Å². The molecule has 0 aliphatic carbocycles. The molecule has 2 heterocycles. The number of nitrogens with zero attached hydrogens (tertiary/aromatic N) is 3. The Labute approximate surface area is 192 Å². The Hall–Kier alpha value is -1.35. The van der Waals surface area contributed by atoms with E-state index < -0.39 is 0 Å². The molecular formula is C22H35IN4O2. The predicted octanol–water partition coefficient (Wildman–Crippen LogP) is 3.25. The van der Waals surface area contributed by atoms with Crippen LogP contribution in [0, 0.1) is 5.92 Å². The fraction of sp³-hybridized carbons (Fsp3) is 0.636. The van der Waals surface area contributed by atoms with E-state index in [2.05, 4.69) is 40.5 Å². The van der Waals surface area contributed by atoms with Gasteiger partial charge in [0.25, 0.3) is 0 Å². The monoisotopic (exact) mass is 514 g/mol. The fourth-order valence-corrected chi connectivity index (χ4v) is 4.04. The Bertz CT molecular complexity index is 677. The lowest BCUT2D eigenvalue weighted by atomic mass is 9.96. The van der Waals surface area contributed by atoms with Gasteiger partial charge in [-0.1, -0.05) is 24.3 Å². The molecular weight excluding hydrogens is 479 g/mol. The van der Waals surface area contributed by atoms with Crippen molar-refractivity contribution in [1.29, 1.82) is 0 Å². The maximum atomic E-state index is 12.0. The van der Waals surface area contributed by atoms with E-state index in [4.69, 9.17) is 4.74 Å². The Morgan fingerprint density at radius 3 is 2.66 bits per heavy atom. The van der Waals surface area contributed by atoms with Crippen LogP contribution in [0.15, 0.2) is 29.3 Å². The second-order valence-corrected chi connectivity index (χ2v) is 7.85. The second-order valence-electron chi connectivity index (χ2n) is 7.85. The first-order chi connectivity index (χ1) is 13.7. The van der Waals surface area contributed by atoms with Gasteiger partial charge in [0, 0.05) is 59.9 Å². The second kappa shape index (κ2) is 12.4. The summed E-state index contributed by atoms with van der Waals surface area (Å²) in [6, 6.07) is 8.37. The summed E-state index contributed by atoms with van der Waals surface area (Å²) in [6.45, 7) is 5.09. The summed E-state index contributed by atoms with van der Waals surface area (Å²) in [7, 11) is 3.94. The Morgan fingerprint density at radius 2 is 2.00 bits per heavy atom. The van der Waals surface area contributed by atoms with Crippen LogP contribution in [0.5, 0.6) is 0 Å². The highest BCUT2D eigenvalue weighted by atomic mass is 127. The number of likely N-dealkylation sites (tertiary alicyclic amines) is 1. The third-order valence-corrected chi connectivity index (χ3v) is 5.87. The van der Waals surface area contributed by atoms with Gasteiger partial charge in [-0.25, -0.2) is 0 Å². The lowest BCUT2D eigenvalue weighted by molar-refractivity contribution is -0.128. The number of nitrogens with one attached hydrogen (secondary N) is 1. The largest absolute Gasteiger partial charge is 0.381 e. The Kier molecular flexibility index (Phi) is 10.2. The molecule has 1 aromatic carbocycles. The van der Waals surface area contributed by atoms with Crippen molar-refractivity contribution in [3.05, 3.63) is 35.4 Å². The van der Waals surface area contributed by atoms with Crippen molar-refractivity contribution in [2.45, 2.75) is 45.2 Å². The summed E-state index contributed by atoms with van der Waals surface area (Å²) in [6.07, 6.45) is 5.17. The molecule has 0 bridgehead atoms. The molecule has 1 N–H and O–H groups in total. The summed E-state index contributed by atoms with van der Waals surface area (Å²) in [4.78, 5) is 20.6. The first kappa shape index (κ1) is 23.9. The molecule has 3 rings (SSSR count). The molecule has 2 aliphatic rings. The molecule has 29 heavy (non-hydrogen) atoms. The van der Waals surface area contributed by atoms with Gasteiger partial charge in [0.05, 0.1) is 0 Å². The number of guanidine groups is 1. The number of carbonyl (C=O) groups excluding carboxylic acids is 1. The van der Waals surface area contributed by atoms with Crippen LogP contribution in [0.1, 0.15) is 43.2 Å². The zero-order chi connectivity index (χ0) is 19.8. The summed E-state index contributed by atoms with van der Waals surface area (Å²) in [5.74, 6) is 1.94. The van der Waals surface area contributed by atoms with Crippen molar-refractivity contribution in [2.24, 2.45) is 10.9 Å². The lowest BCUT2D eigenvalue weighted by Crippen LogP contribution is -2.40. The van der Waals surface area contributed by atoms with Crippen molar-refractivity contribution >= 4 is 35.8 Å². The number of rotatable bonds is 7. The van der Waals surface area contributed by atoms with Gasteiger partial charge < -0.3 is 19.9 Å². The molecule has 0 saturated carbocycles. The first-order valence-electron chi connectivity index (χ1n) is 10.5. The van der Waals surface area contributed by atoms with E-state index in [1.54, 1.807) is 0 Å². The predicted molar refractivity (Wildman–Crippen MR) is 127 cm³/mol. The van der Waals surface area contributed by atoms with Gasteiger partial charge in [-0.05, 0) is 42.7 Å². The number of halogens is 1. The van der Waals surface area contributed by atoms with Crippen LogP contribution in [0.3, 0.4) is 0 Å². The molecule has 162 valence electrons. The highest BCUT2D eigenvalue weighted by Gasteiger charge is 2.21. The average molecular weight is 514 g/mol. The summed E-state index contributed by atoms with van der Waals surface area (Å²) in [5, 5.41) is 3.50. The molecule has 0 radical (unpaired) electrons. The zero-order valence-corrected chi connectivity index (χ0v) is 20.1. The van der Waals surface area contributed by atoms with Crippen LogP contribution in [-0.2, 0) is 22.6 Å². The van der Waals surface area contributed by atoms with Crippen LogP contribution >= 0.6 is 24.0 Å². The minimum atomic E-state index is 0. The van der Waals surface area contributed by atoms with E-state index in [1.165, 1.54) is 30.4 Å². The van der Waals surface area contributed by atoms with Crippen molar-refractivity contribution < 1.29 is 9.53 Å². The zero-order valence-electron chi connectivity index (χ0n) is 17.7. The molecule has 6 nitrogen and oxygen atoms in total.